The number of phenolic OH excluding ortho intramolecular Hbond substituents is 1. The zero-order valence-electron chi connectivity index (χ0n) is 20.1. The van der Waals surface area contributed by atoms with Gasteiger partial charge in [0.25, 0.3) is 0 Å². The number of carboxylic acids is 1. The van der Waals surface area contributed by atoms with Crippen molar-refractivity contribution in [2.45, 2.75) is 31.3 Å². The highest BCUT2D eigenvalue weighted by atomic mass is 35.5. The van der Waals surface area contributed by atoms with Gasteiger partial charge in [0, 0.05) is 17.5 Å². The monoisotopic (exact) mass is 572 g/mol. The lowest BCUT2D eigenvalue weighted by Gasteiger charge is -2.31. The smallest absolute Gasteiger partial charge is 0.325 e. The van der Waals surface area contributed by atoms with Gasteiger partial charge >= 0.3 is 5.97 Å². The number of benzene rings is 3. The molecule has 5 rings (SSSR count). The zero-order chi connectivity index (χ0) is 27.4. The summed E-state index contributed by atoms with van der Waals surface area (Å²) < 4.78 is 0. The average molecular weight is 574 g/mol. The van der Waals surface area contributed by atoms with E-state index in [1.807, 2.05) is 19.1 Å². The van der Waals surface area contributed by atoms with Gasteiger partial charge < -0.3 is 10.2 Å². The number of phenols is 1. The molecule has 0 saturated carbocycles. The third-order valence-electron chi connectivity index (χ3n) is 7.41. The Balaban J connectivity index is 1.68. The summed E-state index contributed by atoms with van der Waals surface area (Å²) in [6.45, 7) is 1.99. The third kappa shape index (κ3) is 4.24. The van der Waals surface area contributed by atoms with Gasteiger partial charge in [-0.1, -0.05) is 66.0 Å². The van der Waals surface area contributed by atoms with Crippen LogP contribution in [0.4, 0.5) is 5.69 Å². The number of rotatable bonds is 6. The number of carbonyl (C=O) groups is 3. The van der Waals surface area contributed by atoms with E-state index in [4.69, 9.17) is 34.8 Å². The van der Waals surface area contributed by atoms with E-state index in [-0.39, 0.29) is 27.2 Å². The Labute approximate surface area is 233 Å². The van der Waals surface area contributed by atoms with Gasteiger partial charge in [-0.05, 0) is 59.5 Å². The number of imide groups is 1. The molecule has 4 atom stereocenters. The summed E-state index contributed by atoms with van der Waals surface area (Å²) in [4.78, 5) is 42.0. The maximum absolute atomic E-state index is 14.0. The van der Waals surface area contributed by atoms with Crippen LogP contribution in [0.15, 0.2) is 60.7 Å². The number of carbonyl (C=O) groups excluding carboxylic acids is 2. The number of aromatic hydroxyl groups is 1. The maximum Gasteiger partial charge on any atom is 0.325 e. The first-order chi connectivity index (χ1) is 18.1. The van der Waals surface area contributed by atoms with Crippen molar-refractivity contribution < 1.29 is 24.6 Å². The Morgan fingerprint density at radius 2 is 1.61 bits per heavy atom. The second kappa shape index (κ2) is 9.89. The number of halogens is 3. The van der Waals surface area contributed by atoms with Crippen LogP contribution in [-0.2, 0) is 27.2 Å². The van der Waals surface area contributed by atoms with Crippen molar-refractivity contribution in [1.82, 2.24) is 5.32 Å². The average Bonchev–Trinajstić information content (AvgIpc) is 3.36. The number of amides is 2. The molecule has 0 aliphatic carbocycles. The first-order valence-corrected chi connectivity index (χ1v) is 13.1. The summed E-state index contributed by atoms with van der Waals surface area (Å²) in [6.07, 6.45) is 0.649. The molecule has 0 aromatic heterocycles. The fourth-order valence-corrected chi connectivity index (χ4v) is 6.31. The molecular weight excluding hydrogens is 551 g/mol. The van der Waals surface area contributed by atoms with Gasteiger partial charge in [0.1, 0.15) is 11.3 Å². The first-order valence-electron chi connectivity index (χ1n) is 12.0. The molecule has 2 aliphatic heterocycles. The number of carboxylic acid groups (broad SMARTS) is 1. The summed E-state index contributed by atoms with van der Waals surface area (Å²) in [6, 6.07) is 15.1. The van der Waals surface area contributed by atoms with Crippen molar-refractivity contribution in [3.8, 4) is 5.75 Å². The lowest BCUT2D eigenvalue weighted by molar-refractivity contribution is -0.148. The maximum atomic E-state index is 14.0. The summed E-state index contributed by atoms with van der Waals surface area (Å²) in [7, 11) is 0. The highest BCUT2D eigenvalue weighted by molar-refractivity contribution is 6.43. The molecule has 2 fully saturated rings. The minimum absolute atomic E-state index is 0.0161. The van der Waals surface area contributed by atoms with Gasteiger partial charge in [-0.15, -0.1) is 0 Å². The van der Waals surface area contributed by atoms with Crippen LogP contribution in [-0.4, -0.2) is 33.5 Å². The number of anilines is 1. The Morgan fingerprint density at radius 3 is 2.21 bits per heavy atom. The Kier molecular flexibility index (Phi) is 6.90. The molecule has 38 heavy (non-hydrogen) atoms. The highest BCUT2D eigenvalue weighted by Crippen LogP contribution is 2.52. The van der Waals surface area contributed by atoms with Crippen molar-refractivity contribution in [1.29, 1.82) is 0 Å². The highest BCUT2D eigenvalue weighted by Gasteiger charge is 2.68. The number of aryl methyl sites for hydroxylation is 1. The van der Waals surface area contributed by atoms with Crippen molar-refractivity contribution in [3.05, 3.63) is 92.4 Å². The van der Waals surface area contributed by atoms with Crippen molar-refractivity contribution in [3.63, 3.8) is 0 Å². The summed E-state index contributed by atoms with van der Waals surface area (Å²) >= 11 is 19.1. The molecular formula is C28H23Cl3N2O5. The van der Waals surface area contributed by atoms with E-state index in [0.717, 1.165) is 16.9 Å². The van der Waals surface area contributed by atoms with Crippen LogP contribution in [0.25, 0.3) is 0 Å². The first kappa shape index (κ1) is 26.5. The van der Waals surface area contributed by atoms with Crippen LogP contribution in [0.3, 0.4) is 0 Å². The van der Waals surface area contributed by atoms with E-state index >= 15 is 0 Å². The predicted molar refractivity (Wildman–Crippen MR) is 145 cm³/mol. The van der Waals surface area contributed by atoms with E-state index < -0.39 is 41.2 Å². The van der Waals surface area contributed by atoms with Crippen LogP contribution in [0.5, 0.6) is 5.75 Å². The van der Waals surface area contributed by atoms with Crippen molar-refractivity contribution in [2.24, 2.45) is 11.8 Å². The molecule has 0 radical (unpaired) electrons. The number of nitrogens with one attached hydrogen (secondary N) is 1. The van der Waals surface area contributed by atoms with E-state index in [1.165, 1.54) is 24.3 Å². The zero-order valence-corrected chi connectivity index (χ0v) is 22.4. The SMILES string of the molecule is CCc1ccc(N2C(=O)C3C(c4cc(Cl)cc(Cl)c4Cl)NC(Cc4ccc(O)cc4)(C(=O)O)C3C2=O)cc1. The van der Waals surface area contributed by atoms with Gasteiger partial charge in [-0.25, -0.2) is 4.90 Å². The third-order valence-corrected chi connectivity index (χ3v) is 8.45. The molecule has 7 nitrogen and oxygen atoms in total. The molecule has 4 unspecified atom stereocenters. The molecule has 2 aliphatic rings. The number of hydrogen-bond acceptors (Lipinski definition) is 5. The van der Waals surface area contributed by atoms with Gasteiger partial charge in [0.05, 0.1) is 27.6 Å². The molecule has 3 aromatic carbocycles. The number of fused-ring (bicyclic) bond motifs is 1. The molecule has 3 aromatic rings. The lowest BCUT2D eigenvalue weighted by Crippen LogP contribution is -2.57. The van der Waals surface area contributed by atoms with Gasteiger partial charge in [0.2, 0.25) is 11.8 Å². The van der Waals surface area contributed by atoms with Gasteiger partial charge in [-0.2, -0.15) is 0 Å². The van der Waals surface area contributed by atoms with Crippen LogP contribution in [0, 0.1) is 11.8 Å². The summed E-state index contributed by atoms with van der Waals surface area (Å²) in [5.41, 5.74) is 0.412. The van der Waals surface area contributed by atoms with Crippen LogP contribution in [0.1, 0.15) is 29.7 Å². The van der Waals surface area contributed by atoms with Gasteiger partial charge in [-0.3, -0.25) is 19.7 Å². The summed E-state index contributed by atoms with van der Waals surface area (Å²) in [5.74, 6) is -4.79. The quantitative estimate of drug-likeness (QED) is 0.268. The normalized spacial score (nSPS) is 24.6. The minimum atomic E-state index is -1.87. The molecule has 2 amide bonds. The Morgan fingerprint density at radius 1 is 0.974 bits per heavy atom. The van der Waals surface area contributed by atoms with E-state index in [9.17, 15) is 24.6 Å². The Hall–Kier alpha value is -3.10. The second-order valence-electron chi connectivity index (χ2n) is 9.57. The molecule has 2 heterocycles. The van der Waals surface area contributed by atoms with E-state index in [0.29, 0.717) is 16.8 Å². The van der Waals surface area contributed by atoms with Gasteiger partial charge in [0.15, 0.2) is 0 Å². The fourth-order valence-electron chi connectivity index (χ4n) is 5.58. The van der Waals surface area contributed by atoms with Crippen molar-refractivity contribution >= 4 is 58.3 Å². The standard InChI is InChI=1S/C28H23Cl3N2O5/c1-2-14-3-7-17(8-4-14)33-25(35)21-22(26(33)36)28(27(37)38,13-15-5-9-18(34)10-6-15)32-24(21)19-11-16(29)12-20(30)23(19)31/h3-12,21-22,24,32,34H,2,13H2,1H3,(H,37,38). The number of hydrogen-bond donors (Lipinski definition) is 3. The second-order valence-corrected chi connectivity index (χ2v) is 10.8. The number of aliphatic carboxylic acids is 1. The number of nitrogens with zero attached hydrogens (tertiary/aromatic N) is 1. The Bertz CT molecular complexity index is 1440. The summed E-state index contributed by atoms with van der Waals surface area (Å²) in [5, 5.41) is 23.9. The minimum Gasteiger partial charge on any atom is -0.508 e. The molecule has 10 heteroatoms. The van der Waals surface area contributed by atoms with Crippen molar-refractivity contribution in [2.75, 3.05) is 4.90 Å². The topological polar surface area (TPSA) is 107 Å². The van der Waals surface area contributed by atoms with E-state index in [2.05, 4.69) is 5.32 Å². The molecule has 196 valence electrons. The van der Waals surface area contributed by atoms with E-state index in [1.54, 1.807) is 24.3 Å². The molecule has 3 N–H and O–H groups in total. The van der Waals surface area contributed by atoms with Crippen LogP contribution < -0.4 is 10.2 Å². The largest absolute Gasteiger partial charge is 0.508 e. The molecule has 0 spiro atoms. The molecule has 2 saturated heterocycles. The lowest BCUT2D eigenvalue weighted by atomic mass is 9.76. The van der Waals surface area contributed by atoms with Crippen LogP contribution in [0.2, 0.25) is 15.1 Å². The fraction of sp³-hybridized carbons (Fsp3) is 0.250. The van der Waals surface area contributed by atoms with Crippen LogP contribution >= 0.6 is 34.8 Å². The predicted octanol–water partition coefficient (Wildman–Crippen LogP) is 5.43. The molecule has 0 bridgehead atoms.